The minimum atomic E-state index is -3.02. The smallest absolute Gasteiger partial charge is 0.387 e. The average molecular weight is 548 g/mol. The number of imidazole rings is 1. The second kappa shape index (κ2) is 8.77. The van der Waals surface area contributed by atoms with Gasteiger partial charge in [-0.25, -0.2) is 15.0 Å². The van der Waals surface area contributed by atoms with Gasteiger partial charge in [-0.05, 0) is 68.9 Å². The van der Waals surface area contributed by atoms with Crippen molar-refractivity contribution in [2.24, 2.45) is 0 Å². The van der Waals surface area contributed by atoms with Crippen LogP contribution in [0.1, 0.15) is 78.7 Å². The molecule has 1 saturated carbocycles. The number of halogens is 2. The summed E-state index contributed by atoms with van der Waals surface area (Å²) in [6.07, 6.45) is 5.50. The lowest BCUT2D eigenvalue weighted by Gasteiger charge is -2.38. The van der Waals surface area contributed by atoms with Crippen LogP contribution in [-0.4, -0.2) is 47.9 Å². The van der Waals surface area contributed by atoms with Crippen LogP contribution in [0.2, 0.25) is 0 Å². The van der Waals surface area contributed by atoms with E-state index in [0.29, 0.717) is 60.4 Å². The van der Waals surface area contributed by atoms with E-state index in [9.17, 15) is 23.8 Å². The molecule has 3 N–H and O–H groups in total. The number of carbonyl (C=O) groups is 1. The number of ether oxygens (including phenoxy) is 1. The fraction of sp³-hybridized carbons (Fsp3) is 0.379. The number of benzene rings is 2. The normalized spacial score (nSPS) is 27.3. The Labute approximate surface area is 227 Å². The molecule has 2 aromatic carbocycles. The van der Waals surface area contributed by atoms with E-state index in [1.165, 1.54) is 12.1 Å². The van der Waals surface area contributed by atoms with Gasteiger partial charge < -0.3 is 24.8 Å². The van der Waals surface area contributed by atoms with E-state index < -0.39 is 23.9 Å². The van der Waals surface area contributed by atoms with Crippen LogP contribution in [0.15, 0.2) is 48.8 Å². The highest BCUT2D eigenvalue weighted by atomic mass is 19.3. The molecule has 2 aliphatic heterocycles. The zero-order valence-corrected chi connectivity index (χ0v) is 21.6. The summed E-state index contributed by atoms with van der Waals surface area (Å²) in [4.78, 5) is 26.7. The summed E-state index contributed by atoms with van der Waals surface area (Å²) in [5, 5.41) is 24.4. The van der Waals surface area contributed by atoms with Crippen LogP contribution in [0.3, 0.4) is 0 Å². The lowest BCUT2D eigenvalue weighted by Crippen LogP contribution is -2.40. The minimum absolute atomic E-state index is 0.0229. The Balaban J connectivity index is 1.28. The molecule has 3 aliphatic rings. The molecule has 0 saturated heterocycles. The Hall–Kier alpha value is -3.96. The molecule has 7 rings (SSSR count). The molecule has 2 atom stereocenters. The van der Waals surface area contributed by atoms with Crippen molar-refractivity contribution in [2.45, 2.75) is 68.9 Å². The summed E-state index contributed by atoms with van der Waals surface area (Å²) in [6, 6.07) is 9.53. The van der Waals surface area contributed by atoms with E-state index in [0.717, 1.165) is 16.6 Å². The molecule has 4 aromatic rings. The molecule has 0 unspecified atom stereocenters. The highest BCUT2D eigenvalue weighted by Gasteiger charge is 2.43. The van der Waals surface area contributed by atoms with Crippen LogP contribution in [0.4, 0.5) is 8.78 Å². The van der Waals surface area contributed by atoms with E-state index in [1.807, 2.05) is 22.8 Å². The van der Waals surface area contributed by atoms with Crippen molar-refractivity contribution >= 4 is 16.9 Å². The first-order chi connectivity index (χ1) is 19.1. The van der Waals surface area contributed by atoms with Gasteiger partial charge in [-0.1, -0.05) is 12.1 Å². The highest BCUT2D eigenvalue weighted by molar-refractivity contribution is 5.98. The van der Waals surface area contributed by atoms with Crippen LogP contribution in [-0.2, 0) is 5.60 Å². The van der Waals surface area contributed by atoms with E-state index in [-0.39, 0.29) is 17.7 Å². The number of nitrogens with zero attached hydrogens (tertiary/aromatic N) is 4. The predicted octanol–water partition coefficient (Wildman–Crippen LogP) is 4.38. The number of aromatic nitrogens is 4. The monoisotopic (exact) mass is 547 g/mol. The number of fused-ring (bicyclic) bond motifs is 9. The van der Waals surface area contributed by atoms with Crippen molar-refractivity contribution in [3.8, 4) is 16.9 Å². The summed E-state index contributed by atoms with van der Waals surface area (Å²) < 4.78 is 33.4. The fourth-order valence-electron chi connectivity index (χ4n) is 6.33. The van der Waals surface area contributed by atoms with Gasteiger partial charge in [-0.3, -0.25) is 4.79 Å². The quantitative estimate of drug-likeness (QED) is 0.347. The van der Waals surface area contributed by atoms with Gasteiger partial charge >= 0.3 is 6.61 Å². The Morgan fingerprint density at radius 1 is 1.07 bits per heavy atom. The molecule has 0 radical (unpaired) electrons. The molecule has 2 aromatic heterocycles. The third-order valence-corrected chi connectivity index (χ3v) is 8.52. The number of aliphatic hydroxyl groups is 2. The molecule has 11 heteroatoms. The third-order valence-electron chi connectivity index (χ3n) is 8.52. The Bertz CT molecular complexity index is 1640. The summed E-state index contributed by atoms with van der Waals surface area (Å²) in [5.74, 6) is 0.624. The molecule has 1 fully saturated rings. The summed E-state index contributed by atoms with van der Waals surface area (Å²) >= 11 is 0. The van der Waals surface area contributed by atoms with Gasteiger partial charge in [-0.2, -0.15) is 8.78 Å². The van der Waals surface area contributed by atoms with Crippen LogP contribution >= 0.6 is 0 Å². The lowest BCUT2D eigenvalue weighted by molar-refractivity contribution is -0.0802. The number of rotatable bonds is 4. The number of hydrogen-bond donors (Lipinski definition) is 3. The number of hydrogen-bond acceptors (Lipinski definition) is 7. The SMILES string of the molecule is CC1(O)CCC(O)(c2ncc(-c3ccc4nc5n(c4c3)[C@@H]3C[C@H]5NC(=O)c4cccc(OC(F)F)c43)cn2)CC1. The lowest BCUT2D eigenvalue weighted by atomic mass is 9.76. The van der Waals surface area contributed by atoms with Crippen LogP contribution in [0.5, 0.6) is 5.75 Å². The maximum absolute atomic E-state index is 13.3. The molecule has 206 valence electrons. The van der Waals surface area contributed by atoms with Crippen molar-refractivity contribution in [1.82, 2.24) is 24.8 Å². The van der Waals surface area contributed by atoms with Crippen molar-refractivity contribution in [3.05, 3.63) is 71.6 Å². The van der Waals surface area contributed by atoms with Gasteiger partial charge in [0.05, 0.1) is 28.7 Å². The first kappa shape index (κ1) is 25.0. The molecule has 4 heterocycles. The van der Waals surface area contributed by atoms with Crippen LogP contribution in [0.25, 0.3) is 22.2 Å². The Morgan fingerprint density at radius 3 is 2.55 bits per heavy atom. The molecule has 0 spiro atoms. The van der Waals surface area contributed by atoms with E-state index in [2.05, 4.69) is 15.3 Å². The Morgan fingerprint density at radius 2 is 1.82 bits per heavy atom. The standard InChI is InChI=1S/C29H27F2N5O4/c1-28(38)7-9-29(39,10-8-28)26-32-13-16(14-33-26)15-5-6-18-20(11-15)36-21-12-19(24(36)34-18)35-25(37)17-3-2-4-22(23(17)21)40-27(30)31/h2-6,11,13-14,19,21,27,38-39H,7-10,12H2,1H3,(H,35,37)/t19-,21-,28?,29?/m1/s1. The molecular formula is C29H27F2N5O4. The third kappa shape index (κ3) is 3.95. The van der Waals surface area contributed by atoms with Crippen LogP contribution in [0, 0.1) is 0 Å². The van der Waals surface area contributed by atoms with Crippen molar-refractivity contribution in [2.75, 3.05) is 0 Å². The van der Waals surface area contributed by atoms with Gasteiger partial charge in [0.25, 0.3) is 5.91 Å². The maximum Gasteiger partial charge on any atom is 0.387 e. The molecule has 40 heavy (non-hydrogen) atoms. The molecular weight excluding hydrogens is 520 g/mol. The van der Waals surface area contributed by atoms with Crippen molar-refractivity contribution in [3.63, 3.8) is 0 Å². The largest absolute Gasteiger partial charge is 0.434 e. The maximum atomic E-state index is 13.3. The van der Waals surface area contributed by atoms with Crippen LogP contribution < -0.4 is 10.1 Å². The zero-order chi connectivity index (χ0) is 27.8. The highest BCUT2D eigenvalue weighted by Crippen LogP contribution is 2.48. The molecule has 9 nitrogen and oxygen atoms in total. The summed E-state index contributed by atoms with van der Waals surface area (Å²) in [7, 11) is 0. The van der Waals surface area contributed by atoms with E-state index in [1.54, 1.807) is 25.4 Å². The topological polar surface area (TPSA) is 122 Å². The van der Waals surface area contributed by atoms with Crippen molar-refractivity contribution in [1.29, 1.82) is 0 Å². The number of amides is 1. The first-order valence-corrected chi connectivity index (χ1v) is 13.3. The summed E-state index contributed by atoms with van der Waals surface area (Å²) in [5.41, 5.74) is 1.80. The molecule has 1 amide bonds. The van der Waals surface area contributed by atoms with Gasteiger partial charge in [0.15, 0.2) is 5.82 Å². The Kier molecular flexibility index (Phi) is 5.49. The number of nitrogens with one attached hydrogen (secondary N) is 1. The van der Waals surface area contributed by atoms with E-state index in [4.69, 9.17) is 9.72 Å². The number of carbonyl (C=O) groups excluding carboxylic acids is 1. The van der Waals surface area contributed by atoms with Crippen molar-refractivity contribution < 1.29 is 28.5 Å². The minimum Gasteiger partial charge on any atom is -0.434 e. The summed E-state index contributed by atoms with van der Waals surface area (Å²) in [6.45, 7) is -1.25. The average Bonchev–Trinajstić information content (AvgIpc) is 3.42. The van der Waals surface area contributed by atoms with Gasteiger partial charge in [-0.15, -0.1) is 0 Å². The number of alkyl halides is 2. The van der Waals surface area contributed by atoms with Gasteiger partial charge in [0.2, 0.25) is 0 Å². The molecule has 1 aliphatic carbocycles. The second-order valence-electron chi connectivity index (χ2n) is 11.2. The molecule has 2 bridgehead atoms. The van der Waals surface area contributed by atoms with Gasteiger partial charge in [0.1, 0.15) is 17.2 Å². The zero-order valence-electron chi connectivity index (χ0n) is 21.6. The predicted molar refractivity (Wildman–Crippen MR) is 140 cm³/mol. The van der Waals surface area contributed by atoms with Gasteiger partial charge in [0, 0.05) is 29.1 Å². The van der Waals surface area contributed by atoms with E-state index >= 15 is 0 Å². The second-order valence-corrected chi connectivity index (χ2v) is 11.2. The fourth-order valence-corrected chi connectivity index (χ4v) is 6.33. The first-order valence-electron chi connectivity index (χ1n) is 13.3.